The third kappa shape index (κ3) is 1.95. The fourth-order valence-corrected chi connectivity index (χ4v) is 2.64. The number of aromatic carboxylic acids is 1. The van der Waals surface area contributed by atoms with E-state index in [2.05, 4.69) is 0 Å². The van der Waals surface area contributed by atoms with Gasteiger partial charge in [0.05, 0.1) is 11.3 Å². The van der Waals surface area contributed by atoms with Gasteiger partial charge in [0, 0.05) is 18.5 Å². The summed E-state index contributed by atoms with van der Waals surface area (Å²) >= 11 is 0. The zero-order chi connectivity index (χ0) is 14.3. The summed E-state index contributed by atoms with van der Waals surface area (Å²) < 4.78 is 5.66. The Kier molecular flexibility index (Phi) is 2.97. The maximum atomic E-state index is 11.9. The summed E-state index contributed by atoms with van der Waals surface area (Å²) in [4.78, 5) is 24.8. The summed E-state index contributed by atoms with van der Waals surface area (Å²) in [5, 5.41) is 9.24. The fraction of sp³-hybridized carbons (Fsp3) is 0.333. The molecule has 104 valence electrons. The Morgan fingerprint density at radius 3 is 2.85 bits per heavy atom. The first-order valence-corrected chi connectivity index (χ1v) is 6.59. The van der Waals surface area contributed by atoms with Gasteiger partial charge in [-0.05, 0) is 37.1 Å². The number of rotatable bonds is 2. The number of amides is 1. The summed E-state index contributed by atoms with van der Waals surface area (Å²) in [6.07, 6.45) is 3.20. The van der Waals surface area contributed by atoms with Gasteiger partial charge in [0.2, 0.25) is 5.91 Å². The van der Waals surface area contributed by atoms with E-state index in [1.165, 1.54) is 6.07 Å². The third-order valence-electron chi connectivity index (χ3n) is 3.72. The van der Waals surface area contributed by atoms with Crippen molar-refractivity contribution in [2.24, 2.45) is 0 Å². The highest BCUT2D eigenvalue weighted by atomic mass is 16.5. The Morgan fingerprint density at radius 1 is 1.40 bits per heavy atom. The normalized spacial score (nSPS) is 17.6. The highest BCUT2D eigenvalue weighted by Crippen LogP contribution is 2.41. The van der Waals surface area contributed by atoms with E-state index in [0.29, 0.717) is 31.0 Å². The monoisotopic (exact) mass is 273 g/mol. The number of hydrogen-bond donors (Lipinski definition) is 1. The lowest BCUT2D eigenvalue weighted by Crippen LogP contribution is -2.25. The number of carboxylic acid groups (broad SMARTS) is 1. The number of anilines is 1. The van der Waals surface area contributed by atoms with Crippen LogP contribution in [-0.4, -0.2) is 30.1 Å². The number of carboxylic acids is 1. The lowest BCUT2D eigenvalue weighted by Gasteiger charge is -2.25. The summed E-state index contributed by atoms with van der Waals surface area (Å²) in [6.45, 7) is 2.98. The van der Waals surface area contributed by atoms with Crippen molar-refractivity contribution in [1.82, 2.24) is 0 Å². The fourth-order valence-electron chi connectivity index (χ4n) is 2.64. The van der Waals surface area contributed by atoms with Crippen LogP contribution in [0, 0.1) is 0 Å². The minimum atomic E-state index is -1.00. The lowest BCUT2D eigenvalue weighted by atomic mass is 9.99. The molecule has 0 saturated carbocycles. The molecule has 0 unspecified atom stereocenters. The molecule has 0 bridgehead atoms. The molecular formula is C15H15NO4. The second-order valence-corrected chi connectivity index (χ2v) is 5.02. The number of benzene rings is 1. The third-order valence-corrected chi connectivity index (χ3v) is 3.72. The SMILES string of the molecule is CC1=CCOc2c1cc(C(=O)O)cc2N1CCCC1=O. The number of allylic oxidation sites excluding steroid dienone is 1. The van der Waals surface area contributed by atoms with Gasteiger partial charge in [-0.15, -0.1) is 0 Å². The van der Waals surface area contributed by atoms with E-state index in [0.717, 1.165) is 17.6 Å². The molecule has 0 aromatic heterocycles. The molecule has 3 rings (SSSR count). The molecule has 0 aliphatic carbocycles. The van der Waals surface area contributed by atoms with Crippen LogP contribution in [0.5, 0.6) is 5.75 Å². The van der Waals surface area contributed by atoms with Crippen molar-refractivity contribution in [2.45, 2.75) is 19.8 Å². The molecule has 2 aliphatic heterocycles. The van der Waals surface area contributed by atoms with E-state index in [-0.39, 0.29) is 11.5 Å². The van der Waals surface area contributed by atoms with Gasteiger partial charge in [-0.25, -0.2) is 4.79 Å². The van der Waals surface area contributed by atoms with Crippen LogP contribution in [-0.2, 0) is 4.79 Å². The van der Waals surface area contributed by atoms with E-state index >= 15 is 0 Å². The van der Waals surface area contributed by atoms with Gasteiger partial charge in [-0.2, -0.15) is 0 Å². The first kappa shape index (κ1) is 12.7. The van der Waals surface area contributed by atoms with E-state index in [1.807, 2.05) is 13.0 Å². The summed E-state index contributed by atoms with van der Waals surface area (Å²) in [6, 6.07) is 3.13. The molecule has 0 atom stereocenters. The Hall–Kier alpha value is -2.30. The molecule has 2 aliphatic rings. The first-order valence-electron chi connectivity index (χ1n) is 6.59. The van der Waals surface area contributed by atoms with Gasteiger partial charge in [0.1, 0.15) is 6.61 Å². The molecule has 1 fully saturated rings. The molecule has 0 spiro atoms. The number of ether oxygens (including phenoxy) is 1. The van der Waals surface area contributed by atoms with E-state index in [4.69, 9.17) is 4.74 Å². The number of carbonyl (C=O) groups is 2. The quantitative estimate of drug-likeness (QED) is 0.897. The minimum absolute atomic E-state index is 0.0190. The van der Waals surface area contributed by atoms with Crippen LogP contribution in [0.4, 0.5) is 5.69 Å². The number of fused-ring (bicyclic) bond motifs is 1. The average molecular weight is 273 g/mol. The Balaban J connectivity index is 2.19. The van der Waals surface area contributed by atoms with Gasteiger partial charge >= 0.3 is 5.97 Å². The molecule has 5 heteroatoms. The van der Waals surface area contributed by atoms with Crippen LogP contribution in [0.1, 0.15) is 35.7 Å². The zero-order valence-corrected chi connectivity index (χ0v) is 11.2. The average Bonchev–Trinajstić information content (AvgIpc) is 2.84. The van der Waals surface area contributed by atoms with Gasteiger partial charge < -0.3 is 14.7 Å². The summed E-state index contributed by atoms with van der Waals surface area (Å²) in [7, 11) is 0. The van der Waals surface area contributed by atoms with Crippen molar-refractivity contribution in [2.75, 3.05) is 18.1 Å². The molecule has 20 heavy (non-hydrogen) atoms. The van der Waals surface area contributed by atoms with Gasteiger partial charge in [-0.3, -0.25) is 4.79 Å². The maximum absolute atomic E-state index is 11.9. The largest absolute Gasteiger partial charge is 0.487 e. The molecule has 0 radical (unpaired) electrons. The van der Waals surface area contributed by atoms with Crippen LogP contribution in [0.2, 0.25) is 0 Å². The van der Waals surface area contributed by atoms with Crippen LogP contribution in [0.25, 0.3) is 5.57 Å². The number of hydrogen-bond acceptors (Lipinski definition) is 3. The van der Waals surface area contributed by atoms with Crippen molar-refractivity contribution in [3.63, 3.8) is 0 Å². The van der Waals surface area contributed by atoms with Crippen molar-refractivity contribution in [3.05, 3.63) is 29.3 Å². The molecule has 5 nitrogen and oxygen atoms in total. The topological polar surface area (TPSA) is 66.8 Å². The predicted octanol–water partition coefficient (Wildman–Crippen LogP) is 2.31. The second-order valence-electron chi connectivity index (χ2n) is 5.02. The summed E-state index contributed by atoms with van der Waals surface area (Å²) in [5.74, 6) is -0.366. The predicted molar refractivity (Wildman–Crippen MR) is 74.1 cm³/mol. The molecule has 1 saturated heterocycles. The summed E-state index contributed by atoms with van der Waals surface area (Å²) in [5.41, 5.74) is 2.49. The minimum Gasteiger partial charge on any atom is -0.487 e. The highest BCUT2D eigenvalue weighted by molar-refractivity contribution is 6.00. The molecule has 1 aromatic carbocycles. The van der Waals surface area contributed by atoms with E-state index in [9.17, 15) is 14.7 Å². The van der Waals surface area contributed by atoms with Crippen molar-refractivity contribution < 1.29 is 19.4 Å². The molecule has 1 aromatic rings. The van der Waals surface area contributed by atoms with Crippen LogP contribution < -0.4 is 9.64 Å². The Morgan fingerprint density at radius 2 is 2.20 bits per heavy atom. The van der Waals surface area contributed by atoms with Crippen molar-refractivity contribution in [3.8, 4) is 5.75 Å². The van der Waals surface area contributed by atoms with Crippen molar-refractivity contribution in [1.29, 1.82) is 0 Å². The number of carbonyl (C=O) groups excluding carboxylic acids is 1. The van der Waals surface area contributed by atoms with Crippen LogP contribution in [0.15, 0.2) is 18.2 Å². The smallest absolute Gasteiger partial charge is 0.335 e. The van der Waals surface area contributed by atoms with E-state index in [1.54, 1.807) is 11.0 Å². The second kappa shape index (κ2) is 4.67. The molecule has 2 heterocycles. The molecular weight excluding hydrogens is 258 g/mol. The number of nitrogens with zero attached hydrogens (tertiary/aromatic N) is 1. The van der Waals surface area contributed by atoms with Crippen LogP contribution in [0.3, 0.4) is 0 Å². The molecule has 1 N–H and O–H groups in total. The highest BCUT2D eigenvalue weighted by Gasteiger charge is 2.28. The lowest BCUT2D eigenvalue weighted by molar-refractivity contribution is -0.117. The standard InChI is InChI=1S/C15H15NO4/c1-9-4-6-20-14-11(9)7-10(15(18)19)8-12(14)16-5-2-3-13(16)17/h4,7-8H,2-3,5-6H2,1H3,(H,18,19). The first-order chi connectivity index (χ1) is 9.58. The van der Waals surface area contributed by atoms with Gasteiger partial charge in [0.15, 0.2) is 5.75 Å². The Labute approximate surface area is 116 Å². The van der Waals surface area contributed by atoms with Gasteiger partial charge in [-0.1, -0.05) is 0 Å². The Bertz CT molecular complexity index is 633. The molecule has 1 amide bonds. The van der Waals surface area contributed by atoms with Gasteiger partial charge in [0.25, 0.3) is 0 Å². The van der Waals surface area contributed by atoms with Crippen LogP contribution >= 0.6 is 0 Å². The maximum Gasteiger partial charge on any atom is 0.335 e. The van der Waals surface area contributed by atoms with Crippen molar-refractivity contribution >= 4 is 23.1 Å². The zero-order valence-electron chi connectivity index (χ0n) is 11.2. The van der Waals surface area contributed by atoms with E-state index < -0.39 is 5.97 Å².